The average Bonchev–Trinajstić information content (AvgIpc) is 2.82. The highest BCUT2D eigenvalue weighted by atomic mass is 32.1. The highest BCUT2D eigenvalue weighted by molar-refractivity contribution is 7.13. The van der Waals surface area contributed by atoms with Crippen LogP contribution in [0.1, 0.15) is 35.8 Å². The highest BCUT2D eigenvalue weighted by Gasteiger charge is 2.16. The predicted molar refractivity (Wildman–Crippen MR) is 67.6 cm³/mol. The first-order valence-corrected chi connectivity index (χ1v) is 6.22. The van der Waals surface area contributed by atoms with E-state index >= 15 is 0 Å². The van der Waals surface area contributed by atoms with E-state index in [1.165, 1.54) is 11.3 Å². The minimum Gasteiger partial charge on any atom is -0.478 e. The van der Waals surface area contributed by atoms with Crippen molar-refractivity contribution >= 4 is 17.3 Å². The summed E-state index contributed by atoms with van der Waals surface area (Å²) < 4.78 is 1.77. The van der Waals surface area contributed by atoms with Crippen LogP contribution in [0.3, 0.4) is 0 Å². The van der Waals surface area contributed by atoms with E-state index in [0.29, 0.717) is 11.5 Å². The molecule has 0 aromatic carbocycles. The lowest BCUT2D eigenvalue weighted by molar-refractivity contribution is 0.0697. The van der Waals surface area contributed by atoms with E-state index in [0.717, 1.165) is 16.1 Å². The maximum absolute atomic E-state index is 10.9. The van der Waals surface area contributed by atoms with Crippen LogP contribution < -0.4 is 0 Å². The molecule has 0 bridgehead atoms. The van der Waals surface area contributed by atoms with Crippen molar-refractivity contribution in [3.63, 3.8) is 0 Å². The third-order valence-electron chi connectivity index (χ3n) is 2.52. The first-order valence-electron chi connectivity index (χ1n) is 5.34. The molecule has 0 amide bonds. The van der Waals surface area contributed by atoms with E-state index in [2.05, 4.69) is 18.9 Å². The quantitative estimate of drug-likeness (QED) is 0.911. The lowest BCUT2D eigenvalue weighted by Gasteiger charge is -2.02. The fourth-order valence-corrected chi connectivity index (χ4v) is 2.61. The van der Waals surface area contributed by atoms with Gasteiger partial charge in [0.25, 0.3) is 0 Å². The second-order valence-electron chi connectivity index (χ2n) is 4.26. The van der Waals surface area contributed by atoms with Gasteiger partial charge in [0.05, 0.1) is 11.3 Å². The van der Waals surface area contributed by atoms with E-state index in [1.54, 1.807) is 16.1 Å². The fourth-order valence-electron chi connectivity index (χ4n) is 1.71. The minimum atomic E-state index is -0.887. The van der Waals surface area contributed by atoms with E-state index < -0.39 is 5.97 Å². The van der Waals surface area contributed by atoms with Gasteiger partial charge in [0.15, 0.2) is 0 Å². The SMILES string of the molecule is CC(C)c1nn(C)cc1-c1cc(C(=O)O)cs1. The maximum Gasteiger partial charge on any atom is 0.336 e. The van der Waals surface area contributed by atoms with E-state index in [4.69, 9.17) is 5.11 Å². The predicted octanol–water partition coefficient (Wildman–Crippen LogP) is 2.97. The number of thiophene rings is 1. The number of hydrogen-bond acceptors (Lipinski definition) is 3. The molecule has 17 heavy (non-hydrogen) atoms. The third kappa shape index (κ3) is 2.24. The summed E-state index contributed by atoms with van der Waals surface area (Å²) in [6, 6.07) is 1.70. The molecule has 1 N–H and O–H groups in total. The number of carbonyl (C=O) groups is 1. The number of rotatable bonds is 3. The van der Waals surface area contributed by atoms with Crippen LogP contribution in [0.25, 0.3) is 10.4 Å². The van der Waals surface area contributed by atoms with Crippen LogP contribution in [0.2, 0.25) is 0 Å². The molecule has 0 aliphatic heterocycles. The molecule has 2 rings (SSSR count). The number of hydrogen-bond donors (Lipinski definition) is 1. The summed E-state index contributed by atoms with van der Waals surface area (Å²) in [4.78, 5) is 11.8. The zero-order valence-electron chi connectivity index (χ0n) is 9.97. The molecule has 0 unspecified atom stereocenters. The normalized spacial score (nSPS) is 11.1. The molecule has 2 aromatic rings. The van der Waals surface area contributed by atoms with Gasteiger partial charge in [-0.2, -0.15) is 5.10 Å². The monoisotopic (exact) mass is 250 g/mol. The number of aryl methyl sites for hydroxylation is 1. The Morgan fingerprint density at radius 3 is 2.76 bits per heavy atom. The molecule has 0 saturated heterocycles. The Kier molecular flexibility index (Phi) is 3.02. The standard InChI is InChI=1S/C12H14N2O2S/c1-7(2)11-9(5-14(3)13-11)10-4-8(6-17-10)12(15)16/h4-7H,1-3H3,(H,15,16). The second kappa shape index (κ2) is 4.33. The Bertz CT molecular complexity index is 555. The molecule has 2 heterocycles. The van der Waals surface area contributed by atoms with Crippen LogP contribution in [-0.2, 0) is 7.05 Å². The van der Waals surface area contributed by atoms with Crippen molar-refractivity contribution in [3.05, 3.63) is 28.9 Å². The molecule has 0 saturated carbocycles. The number of aromatic carboxylic acids is 1. The molecule has 0 aliphatic rings. The summed E-state index contributed by atoms with van der Waals surface area (Å²) in [6.07, 6.45) is 1.94. The molecule has 0 atom stereocenters. The lowest BCUT2D eigenvalue weighted by Crippen LogP contribution is -1.93. The molecule has 4 nitrogen and oxygen atoms in total. The topological polar surface area (TPSA) is 55.1 Å². The second-order valence-corrected chi connectivity index (χ2v) is 5.17. The van der Waals surface area contributed by atoms with Crippen molar-refractivity contribution in [2.75, 3.05) is 0 Å². The first-order chi connectivity index (χ1) is 7.99. The van der Waals surface area contributed by atoms with Gasteiger partial charge in [-0.05, 0) is 12.0 Å². The summed E-state index contributed by atoms with van der Waals surface area (Å²) in [5, 5.41) is 15.0. The van der Waals surface area contributed by atoms with Gasteiger partial charge >= 0.3 is 5.97 Å². The molecule has 2 aromatic heterocycles. The Morgan fingerprint density at radius 1 is 1.53 bits per heavy atom. The van der Waals surface area contributed by atoms with Crippen LogP contribution >= 0.6 is 11.3 Å². The first kappa shape index (κ1) is 11.9. The average molecular weight is 250 g/mol. The summed E-state index contributed by atoms with van der Waals surface area (Å²) in [5.41, 5.74) is 2.37. The molecular weight excluding hydrogens is 236 g/mol. The van der Waals surface area contributed by atoms with E-state index in [9.17, 15) is 4.79 Å². The Hall–Kier alpha value is -1.62. The molecule has 90 valence electrons. The Labute approximate surface area is 104 Å². The van der Waals surface area contributed by atoms with Gasteiger partial charge in [-0.25, -0.2) is 4.79 Å². The molecule has 0 spiro atoms. The van der Waals surface area contributed by atoms with Crippen LogP contribution in [-0.4, -0.2) is 20.9 Å². The van der Waals surface area contributed by atoms with Crippen molar-refractivity contribution in [3.8, 4) is 10.4 Å². The largest absolute Gasteiger partial charge is 0.478 e. The summed E-state index contributed by atoms with van der Waals surface area (Å²) in [7, 11) is 1.88. The van der Waals surface area contributed by atoms with Gasteiger partial charge in [-0.15, -0.1) is 11.3 Å². The minimum absolute atomic E-state index is 0.321. The van der Waals surface area contributed by atoms with Gasteiger partial charge < -0.3 is 5.11 Å². The Balaban J connectivity index is 2.48. The molecule has 0 fully saturated rings. The third-order valence-corrected chi connectivity index (χ3v) is 3.48. The number of nitrogens with zero attached hydrogens (tertiary/aromatic N) is 2. The summed E-state index contributed by atoms with van der Waals surface area (Å²) in [5.74, 6) is -0.566. The maximum atomic E-state index is 10.9. The number of aromatic nitrogens is 2. The van der Waals surface area contributed by atoms with Gasteiger partial charge in [-0.3, -0.25) is 4.68 Å². The molecular formula is C12H14N2O2S. The van der Waals surface area contributed by atoms with Gasteiger partial charge in [0, 0.05) is 29.1 Å². The van der Waals surface area contributed by atoms with Crippen molar-refractivity contribution in [1.29, 1.82) is 0 Å². The van der Waals surface area contributed by atoms with Crippen LogP contribution in [0.5, 0.6) is 0 Å². The van der Waals surface area contributed by atoms with Gasteiger partial charge in [0.1, 0.15) is 0 Å². The smallest absolute Gasteiger partial charge is 0.336 e. The molecule has 0 radical (unpaired) electrons. The van der Waals surface area contributed by atoms with Crippen LogP contribution in [0, 0.1) is 0 Å². The van der Waals surface area contributed by atoms with Crippen molar-refractivity contribution in [2.24, 2.45) is 7.05 Å². The summed E-state index contributed by atoms with van der Waals surface area (Å²) >= 11 is 1.44. The van der Waals surface area contributed by atoms with Crippen molar-refractivity contribution < 1.29 is 9.90 Å². The van der Waals surface area contributed by atoms with Crippen LogP contribution in [0.4, 0.5) is 0 Å². The zero-order chi connectivity index (χ0) is 12.6. The summed E-state index contributed by atoms with van der Waals surface area (Å²) in [6.45, 7) is 4.16. The fraction of sp³-hybridized carbons (Fsp3) is 0.333. The van der Waals surface area contributed by atoms with E-state index in [-0.39, 0.29) is 0 Å². The van der Waals surface area contributed by atoms with Crippen LogP contribution in [0.15, 0.2) is 17.6 Å². The number of carboxylic acid groups (broad SMARTS) is 1. The molecule has 0 aliphatic carbocycles. The molecule has 5 heteroatoms. The van der Waals surface area contributed by atoms with E-state index in [1.807, 2.05) is 13.2 Å². The van der Waals surface area contributed by atoms with Gasteiger partial charge in [0.2, 0.25) is 0 Å². The Morgan fingerprint density at radius 2 is 2.24 bits per heavy atom. The van der Waals surface area contributed by atoms with Gasteiger partial charge in [-0.1, -0.05) is 13.8 Å². The lowest BCUT2D eigenvalue weighted by atomic mass is 10.1. The number of carboxylic acids is 1. The van der Waals surface area contributed by atoms with Crippen molar-refractivity contribution in [2.45, 2.75) is 19.8 Å². The zero-order valence-corrected chi connectivity index (χ0v) is 10.8. The van der Waals surface area contributed by atoms with Crippen molar-refractivity contribution in [1.82, 2.24) is 9.78 Å². The highest BCUT2D eigenvalue weighted by Crippen LogP contribution is 2.32.